The van der Waals surface area contributed by atoms with Gasteiger partial charge in [0.2, 0.25) is 0 Å². The van der Waals surface area contributed by atoms with Crippen LogP contribution < -0.4 is 0 Å². The number of unbranched alkanes of at least 4 members (excludes halogenated alkanes) is 4. The van der Waals surface area contributed by atoms with Crippen LogP contribution in [0.3, 0.4) is 0 Å². The van der Waals surface area contributed by atoms with E-state index in [0.717, 1.165) is 65.0 Å². The number of aliphatic hydroxyl groups excluding tert-OH is 1. The Kier molecular flexibility index (Phi) is 29.2. The Morgan fingerprint density at radius 2 is 1.06 bits per heavy atom. The first-order chi connectivity index (χ1) is 16.3. The van der Waals surface area contributed by atoms with Crippen molar-refractivity contribution in [2.45, 2.75) is 105 Å². The van der Waals surface area contributed by atoms with E-state index >= 15 is 0 Å². The zero-order valence-electron chi connectivity index (χ0n) is 23.6. The van der Waals surface area contributed by atoms with Gasteiger partial charge in [0.1, 0.15) is 23.1 Å². The van der Waals surface area contributed by atoms with Gasteiger partial charge in [0, 0.05) is 39.6 Å². The average Bonchev–Trinajstić information content (AvgIpc) is 2.74. The van der Waals surface area contributed by atoms with E-state index in [1.165, 1.54) is 0 Å². The van der Waals surface area contributed by atoms with Crippen LogP contribution in [0.25, 0.3) is 0 Å². The van der Waals surface area contributed by atoms with E-state index in [9.17, 15) is 9.59 Å². The maximum absolute atomic E-state index is 11.3. The molecule has 35 heavy (non-hydrogen) atoms. The van der Waals surface area contributed by atoms with Gasteiger partial charge < -0.3 is 28.8 Å². The molecule has 8 nitrogen and oxygen atoms in total. The molecule has 0 atom stereocenters. The van der Waals surface area contributed by atoms with Crippen LogP contribution in [-0.2, 0) is 33.3 Å². The van der Waals surface area contributed by atoms with Gasteiger partial charge in [0.15, 0.2) is 0 Å². The highest BCUT2D eigenvalue weighted by Gasteiger charge is 2.16. The fourth-order valence-electron chi connectivity index (χ4n) is 2.26. The number of carbonyl (C=O) groups excluding carboxylic acids is 2. The molecule has 0 aromatic heterocycles. The van der Waals surface area contributed by atoms with Gasteiger partial charge in [-0.15, -0.1) is 0 Å². The summed E-state index contributed by atoms with van der Waals surface area (Å²) in [5.41, 5.74) is -0.789. The Balaban J connectivity index is -0.000000481. The smallest absolute Gasteiger partial charge is 0.332 e. The van der Waals surface area contributed by atoms with E-state index in [1.54, 1.807) is 0 Å². The van der Waals surface area contributed by atoms with Crippen molar-refractivity contribution in [1.29, 1.82) is 0 Å². The van der Waals surface area contributed by atoms with Crippen molar-refractivity contribution in [3.05, 3.63) is 0 Å². The highest BCUT2D eigenvalue weighted by molar-refractivity contribution is 9.09. The average molecular weight is 574 g/mol. The third kappa shape index (κ3) is 43.7. The number of halogens is 1. The molecule has 0 spiro atoms. The Morgan fingerprint density at radius 3 is 1.40 bits per heavy atom. The van der Waals surface area contributed by atoms with E-state index in [2.05, 4.69) is 15.9 Å². The van der Waals surface area contributed by atoms with E-state index in [4.69, 9.17) is 28.8 Å². The van der Waals surface area contributed by atoms with E-state index in [1.807, 2.05) is 55.4 Å². The predicted molar refractivity (Wildman–Crippen MR) is 144 cm³/mol. The molecule has 0 aliphatic rings. The van der Waals surface area contributed by atoms with Crippen LogP contribution in [0.1, 0.15) is 93.9 Å². The third-order valence-corrected chi connectivity index (χ3v) is 4.06. The Morgan fingerprint density at radius 1 is 0.657 bits per heavy atom. The van der Waals surface area contributed by atoms with Gasteiger partial charge in [-0.25, -0.2) is 4.79 Å². The topological polar surface area (TPSA) is 101 Å². The molecular weight excluding hydrogens is 520 g/mol. The highest BCUT2D eigenvalue weighted by Crippen LogP contribution is 2.08. The minimum absolute atomic E-state index is 0.0444. The first-order valence-electron chi connectivity index (χ1n) is 12.7. The lowest BCUT2D eigenvalue weighted by molar-refractivity contribution is -0.160. The summed E-state index contributed by atoms with van der Waals surface area (Å²) in [6, 6.07) is 0. The second kappa shape index (κ2) is 26.3. The quantitative estimate of drug-likeness (QED) is 0.148. The zero-order valence-corrected chi connectivity index (χ0v) is 25.2. The Bertz CT molecular complexity index is 467. The van der Waals surface area contributed by atoms with E-state index < -0.39 is 5.60 Å². The van der Waals surface area contributed by atoms with Gasteiger partial charge in [-0.1, -0.05) is 15.9 Å². The molecule has 0 saturated carbocycles. The van der Waals surface area contributed by atoms with Gasteiger partial charge in [0.25, 0.3) is 0 Å². The van der Waals surface area contributed by atoms with Crippen LogP contribution >= 0.6 is 15.9 Å². The number of alkyl halides is 1. The summed E-state index contributed by atoms with van der Waals surface area (Å²) < 4.78 is 25.6. The maximum Gasteiger partial charge on any atom is 0.332 e. The largest absolute Gasteiger partial charge is 0.459 e. The first-order valence-corrected chi connectivity index (χ1v) is 13.8. The van der Waals surface area contributed by atoms with Crippen molar-refractivity contribution in [2.24, 2.45) is 0 Å². The first kappa shape index (κ1) is 38.8. The van der Waals surface area contributed by atoms with E-state index in [-0.39, 0.29) is 29.5 Å². The molecule has 0 bridgehead atoms. The summed E-state index contributed by atoms with van der Waals surface area (Å²) in [5, 5.41) is 8.65. The van der Waals surface area contributed by atoms with Crippen LogP contribution in [0.2, 0.25) is 0 Å². The second-order valence-corrected chi connectivity index (χ2v) is 10.2. The molecule has 0 saturated heterocycles. The fraction of sp³-hybridized carbons (Fsp3) is 0.923. The molecule has 0 fully saturated rings. The zero-order chi connectivity index (χ0) is 27.6. The molecule has 0 radical (unpaired) electrons. The van der Waals surface area contributed by atoms with Crippen LogP contribution in [-0.4, -0.2) is 79.8 Å². The van der Waals surface area contributed by atoms with Crippen molar-refractivity contribution in [3.8, 4) is 0 Å². The lowest BCUT2D eigenvalue weighted by Gasteiger charge is -2.19. The summed E-state index contributed by atoms with van der Waals surface area (Å²) in [7, 11) is 0. The Labute approximate surface area is 222 Å². The van der Waals surface area contributed by atoms with E-state index in [0.29, 0.717) is 13.2 Å². The van der Waals surface area contributed by atoms with Crippen molar-refractivity contribution in [2.75, 3.05) is 51.6 Å². The molecule has 0 aliphatic carbocycles. The molecule has 0 heterocycles. The number of hydrogen-bond acceptors (Lipinski definition) is 8. The molecule has 0 amide bonds. The third-order valence-electron chi connectivity index (χ3n) is 3.60. The molecule has 0 aromatic rings. The standard InChI is InChI=1S/C13H26O4.C7H16O2.C6H11BrO2/c1-5-15-9-7-6-8-10-16-11-12(14)17-13(2,3)4;1-2-9-7-5-3-4-6-8;1-6(2,3)9-5(8)4-7/h5-11H2,1-4H3;8H,2-7H2,1H3;4H2,1-3H3. The van der Waals surface area contributed by atoms with Crippen LogP contribution in [0, 0.1) is 0 Å². The van der Waals surface area contributed by atoms with Gasteiger partial charge in [0.05, 0.1) is 0 Å². The monoisotopic (exact) mass is 572 g/mol. The summed E-state index contributed by atoms with van der Waals surface area (Å²) >= 11 is 2.99. The molecule has 0 aliphatic heterocycles. The summed E-state index contributed by atoms with van der Waals surface area (Å²) in [6.45, 7) is 19.2. The number of ether oxygens (including phenoxy) is 5. The molecule has 9 heteroatoms. The SMILES string of the molecule is CC(C)(C)OC(=O)CBr.CCOCCCCCO.CCOCCCCCOCC(=O)OC(C)(C)C. The number of aliphatic hydroxyl groups is 1. The molecule has 0 aromatic carbocycles. The number of rotatable bonds is 16. The summed E-state index contributed by atoms with van der Waals surface area (Å²) in [6.07, 6.45) is 6.13. The lowest BCUT2D eigenvalue weighted by Crippen LogP contribution is -2.26. The maximum atomic E-state index is 11.3. The molecule has 212 valence electrons. The summed E-state index contributed by atoms with van der Waals surface area (Å²) in [4.78, 5) is 21.8. The van der Waals surface area contributed by atoms with Gasteiger partial charge in [-0.2, -0.15) is 0 Å². The normalized spacial score (nSPS) is 11.0. The van der Waals surface area contributed by atoms with Crippen LogP contribution in [0.15, 0.2) is 0 Å². The van der Waals surface area contributed by atoms with Gasteiger partial charge >= 0.3 is 11.9 Å². The van der Waals surface area contributed by atoms with Crippen LogP contribution in [0.4, 0.5) is 0 Å². The molecule has 1 N–H and O–H groups in total. The van der Waals surface area contributed by atoms with Gasteiger partial charge in [-0.05, 0) is 93.9 Å². The second-order valence-electron chi connectivity index (χ2n) is 9.60. The highest BCUT2D eigenvalue weighted by atomic mass is 79.9. The molecular formula is C26H53BrO8. The Hall–Kier alpha value is -0.740. The molecule has 0 rings (SSSR count). The van der Waals surface area contributed by atoms with Crippen molar-refractivity contribution in [3.63, 3.8) is 0 Å². The number of esters is 2. The minimum atomic E-state index is -0.433. The van der Waals surface area contributed by atoms with Crippen molar-refractivity contribution >= 4 is 27.9 Å². The number of hydrogen-bond donors (Lipinski definition) is 1. The fourth-order valence-corrected chi connectivity index (χ4v) is 2.38. The molecule has 0 unspecified atom stereocenters. The summed E-state index contributed by atoms with van der Waals surface area (Å²) in [5.74, 6) is -0.519. The predicted octanol–water partition coefficient (Wildman–Crippen LogP) is 5.46. The lowest BCUT2D eigenvalue weighted by atomic mass is 10.2. The number of carbonyl (C=O) groups is 2. The van der Waals surface area contributed by atoms with Crippen LogP contribution in [0.5, 0.6) is 0 Å². The van der Waals surface area contributed by atoms with Crippen molar-refractivity contribution in [1.82, 2.24) is 0 Å². The van der Waals surface area contributed by atoms with Crippen molar-refractivity contribution < 1.29 is 38.4 Å². The van der Waals surface area contributed by atoms with Gasteiger partial charge in [-0.3, -0.25) is 4.79 Å². The minimum Gasteiger partial charge on any atom is -0.459 e.